The monoisotopic (exact) mass is 220 g/mol. The first-order valence-corrected chi connectivity index (χ1v) is 5.99. The molecule has 86 valence electrons. The van der Waals surface area contributed by atoms with Gasteiger partial charge in [-0.15, -0.1) is 0 Å². The second-order valence-corrected chi connectivity index (χ2v) is 5.08. The Morgan fingerprint density at radius 3 is 2.75 bits per heavy atom. The molecule has 2 nitrogen and oxygen atoms in total. The van der Waals surface area contributed by atoms with Gasteiger partial charge in [0.1, 0.15) is 5.82 Å². The molecule has 1 aromatic carbocycles. The van der Waals surface area contributed by atoms with E-state index < -0.39 is 0 Å². The van der Waals surface area contributed by atoms with E-state index in [0.717, 1.165) is 31.9 Å². The zero-order valence-electron chi connectivity index (χ0n) is 9.38. The van der Waals surface area contributed by atoms with Gasteiger partial charge in [-0.3, -0.25) is 0 Å². The molecule has 0 aliphatic carbocycles. The SMILES string of the molecule is Fc1ccccc1N1CCCC2(CNC2)C1. The van der Waals surface area contributed by atoms with Gasteiger partial charge in [-0.2, -0.15) is 0 Å². The standard InChI is InChI=1S/C13H17FN2/c14-11-4-1-2-5-12(11)16-7-3-6-13(10-16)8-15-9-13/h1-2,4-5,15H,3,6-10H2. The molecule has 0 saturated carbocycles. The van der Waals surface area contributed by atoms with Crippen molar-refractivity contribution in [3.8, 4) is 0 Å². The summed E-state index contributed by atoms with van der Waals surface area (Å²) in [6, 6.07) is 7.11. The Morgan fingerprint density at radius 2 is 2.06 bits per heavy atom. The van der Waals surface area contributed by atoms with Crippen molar-refractivity contribution in [1.82, 2.24) is 5.32 Å². The first-order valence-electron chi connectivity index (χ1n) is 5.99. The molecule has 2 heterocycles. The number of para-hydroxylation sites is 1. The third-order valence-electron chi connectivity index (χ3n) is 3.85. The van der Waals surface area contributed by atoms with Gasteiger partial charge in [0, 0.05) is 31.6 Å². The van der Waals surface area contributed by atoms with Crippen LogP contribution in [0.25, 0.3) is 0 Å². The van der Waals surface area contributed by atoms with Crippen LogP contribution in [0.1, 0.15) is 12.8 Å². The molecule has 1 spiro atoms. The number of rotatable bonds is 1. The van der Waals surface area contributed by atoms with Gasteiger partial charge in [0.25, 0.3) is 0 Å². The van der Waals surface area contributed by atoms with E-state index in [-0.39, 0.29) is 5.82 Å². The number of nitrogens with zero attached hydrogens (tertiary/aromatic N) is 1. The number of piperidine rings is 1. The molecule has 0 atom stereocenters. The van der Waals surface area contributed by atoms with E-state index >= 15 is 0 Å². The largest absolute Gasteiger partial charge is 0.369 e. The highest BCUT2D eigenvalue weighted by molar-refractivity contribution is 5.48. The summed E-state index contributed by atoms with van der Waals surface area (Å²) in [6.45, 7) is 4.18. The molecule has 1 N–H and O–H groups in total. The number of halogens is 1. The van der Waals surface area contributed by atoms with Crippen molar-refractivity contribution in [3.05, 3.63) is 30.1 Å². The van der Waals surface area contributed by atoms with Crippen LogP contribution in [0.3, 0.4) is 0 Å². The second-order valence-electron chi connectivity index (χ2n) is 5.08. The fraction of sp³-hybridized carbons (Fsp3) is 0.538. The van der Waals surface area contributed by atoms with Crippen molar-refractivity contribution in [1.29, 1.82) is 0 Å². The van der Waals surface area contributed by atoms with Gasteiger partial charge >= 0.3 is 0 Å². The van der Waals surface area contributed by atoms with Gasteiger partial charge in [0.2, 0.25) is 0 Å². The second kappa shape index (κ2) is 3.74. The minimum Gasteiger partial charge on any atom is -0.369 e. The Bertz CT molecular complexity index is 387. The normalized spacial score (nSPS) is 23.2. The predicted molar refractivity (Wildman–Crippen MR) is 63.1 cm³/mol. The molecule has 0 aromatic heterocycles. The smallest absolute Gasteiger partial charge is 0.146 e. The number of hydrogen-bond donors (Lipinski definition) is 1. The lowest BCUT2D eigenvalue weighted by molar-refractivity contribution is 0.138. The summed E-state index contributed by atoms with van der Waals surface area (Å²) in [5, 5.41) is 3.34. The lowest BCUT2D eigenvalue weighted by atomic mass is 9.75. The van der Waals surface area contributed by atoms with E-state index in [9.17, 15) is 4.39 Å². The van der Waals surface area contributed by atoms with Crippen LogP contribution in [0.5, 0.6) is 0 Å². The van der Waals surface area contributed by atoms with Crippen molar-refractivity contribution in [3.63, 3.8) is 0 Å². The number of anilines is 1. The summed E-state index contributed by atoms with van der Waals surface area (Å²) in [5.41, 5.74) is 1.19. The highest BCUT2D eigenvalue weighted by atomic mass is 19.1. The van der Waals surface area contributed by atoms with E-state index in [0.29, 0.717) is 5.41 Å². The average molecular weight is 220 g/mol. The lowest BCUT2D eigenvalue weighted by Crippen LogP contribution is -2.61. The lowest BCUT2D eigenvalue weighted by Gasteiger charge is -2.50. The molecule has 2 aliphatic heterocycles. The van der Waals surface area contributed by atoms with Gasteiger partial charge in [0.05, 0.1) is 5.69 Å². The molecule has 0 bridgehead atoms. The maximum atomic E-state index is 13.7. The maximum absolute atomic E-state index is 13.7. The minimum absolute atomic E-state index is 0.0909. The van der Waals surface area contributed by atoms with E-state index in [2.05, 4.69) is 10.2 Å². The zero-order valence-corrected chi connectivity index (χ0v) is 9.38. The topological polar surface area (TPSA) is 15.3 Å². The van der Waals surface area contributed by atoms with Crippen molar-refractivity contribution >= 4 is 5.69 Å². The van der Waals surface area contributed by atoms with E-state index in [1.807, 2.05) is 12.1 Å². The van der Waals surface area contributed by atoms with Crippen LogP contribution in [0.15, 0.2) is 24.3 Å². The molecule has 0 radical (unpaired) electrons. The first kappa shape index (κ1) is 10.1. The van der Waals surface area contributed by atoms with Crippen molar-refractivity contribution in [2.75, 3.05) is 31.1 Å². The van der Waals surface area contributed by atoms with Crippen LogP contribution in [-0.4, -0.2) is 26.2 Å². The number of nitrogens with one attached hydrogen (secondary N) is 1. The van der Waals surface area contributed by atoms with Crippen molar-refractivity contribution in [2.45, 2.75) is 12.8 Å². The molecule has 3 heteroatoms. The highest BCUT2D eigenvalue weighted by Crippen LogP contribution is 2.36. The van der Waals surface area contributed by atoms with Crippen LogP contribution < -0.4 is 10.2 Å². The average Bonchev–Trinajstić information content (AvgIpc) is 2.28. The number of benzene rings is 1. The zero-order chi connectivity index (χ0) is 11.0. The third kappa shape index (κ3) is 1.59. The fourth-order valence-corrected chi connectivity index (χ4v) is 2.89. The number of hydrogen-bond acceptors (Lipinski definition) is 2. The van der Waals surface area contributed by atoms with E-state index in [1.54, 1.807) is 12.1 Å². The Morgan fingerprint density at radius 1 is 1.25 bits per heavy atom. The summed E-state index contributed by atoms with van der Waals surface area (Å²) in [5.74, 6) is -0.0909. The minimum atomic E-state index is -0.0909. The van der Waals surface area contributed by atoms with Crippen LogP contribution >= 0.6 is 0 Å². The molecule has 0 amide bonds. The van der Waals surface area contributed by atoms with Crippen LogP contribution in [0.4, 0.5) is 10.1 Å². The molecule has 2 aliphatic rings. The maximum Gasteiger partial charge on any atom is 0.146 e. The van der Waals surface area contributed by atoms with E-state index in [4.69, 9.17) is 0 Å². The summed E-state index contributed by atoms with van der Waals surface area (Å²) in [4.78, 5) is 2.21. The molecular formula is C13H17FN2. The van der Waals surface area contributed by atoms with Gasteiger partial charge in [-0.25, -0.2) is 4.39 Å². The molecule has 0 unspecified atom stereocenters. The van der Waals surface area contributed by atoms with E-state index in [1.165, 1.54) is 12.8 Å². The Hall–Kier alpha value is -1.09. The quantitative estimate of drug-likeness (QED) is 0.779. The summed E-state index contributed by atoms with van der Waals surface area (Å²) >= 11 is 0. The molecule has 2 saturated heterocycles. The van der Waals surface area contributed by atoms with Gasteiger partial charge < -0.3 is 10.2 Å². The van der Waals surface area contributed by atoms with Gasteiger partial charge in [-0.05, 0) is 25.0 Å². The Labute approximate surface area is 95.4 Å². The van der Waals surface area contributed by atoms with Gasteiger partial charge in [0.15, 0.2) is 0 Å². The summed E-state index contributed by atoms with van der Waals surface area (Å²) in [7, 11) is 0. The van der Waals surface area contributed by atoms with Gasteiger partial charge in [-0.1, -0.05) is 12.1 Å². The molecule has 1 aromatic rings. The fourth-order valence-electron chi connectivity index (χ4n) is 2.89. The van der Waals surface area contributed by atoms with Crippen molar-refractivity contribution in [2.24, 2.45) is 5.41 Å². The van der Waals surface area contributed by atoms with Crippen LogP contribution in [0, 0.1) is 11.2 Å². The molecule has 2 fully saturated rings. The van der Waals surface area contributed by atoms with Crippen LogP contribution in [-0.2, 0) is 0 Å². The summed E-state index contributed by atoms with van der Waals surface area (Å²) in [6.07, 6.45) is 2.46. The highest BCUT2D eigenvalue weighted by Gasteiger charge is 2.40. The summed E-state index contributed by atoms with van der Waals surface area (Å²) < 4.78 is 13.7. The molecule has 16 heavy (non-hydrogen) atoms. The van der Waals surface area contributed by atoms with Crippen LogP contribution in [0.2, 0.25) is 0 Å². The predicted octanol–water partition coefficient (Wildman–Crippen LogP) is 2.02. The Kier molecular flexibility index (Phi) is 2.36. The Balaban J connectivity index is 1.82. The van der Waals surface area contributed by atoms with Crippen molar-refractivity contribution < 1.29 is 4.39 Å². The third-order valence-corrected chi connectivity index (χ3v) is 3.85. The first-order chi connectivity index (χ1) is 7.79. The molecule has 3 rings (SSSR count). The molecular weight excluding hydrogens is 203 g/mol.